The summed E-state index contributed by atoms with van der Waals surface area (Å²) in [4.78, 5) is 25.3. The quantitative estimate of drug-likeness (QED) is 0.672. The van der Waals surface area contributed by atoms with E-state index in [2.05, 4.69) is 16.0 Å². The second-order valence-electron chi connectivity index (χ2n) is 8.07. The normalized spacial score (nSPS) is 22.5. The minimum atomic E-state index is -0.378. The van der Waals surface area contributed by atoms with E-state index >= 15 is 0 Å². The summed E-state index contributed by atoms with van der Waals surface area (Å²) in [7, 11) is 0. The molecule has 0 unspecified atom stereocenters. The van der Waals surface area contributed by atoms with Gasteiger partial charge in [0.15, 0.2) is 0 Å². The molecule has 2 atom stereocenters. The molecule has 2 aromatic rings. The zero-order chi connectivity index (χ0) is 20.3. The van der Waals surface area contributed by atoms with Gasteiger partial charge < -0.3 is 16.0 Å². The van der Waals surface area contributed by atoms with E-state index in [0.29, 0.717) is 23.7 Å². The third kappa shape index (κ3) is 4.65. The third-order valence-electron chi connectivity index (χ3n) is 6.23. The smallest absolute Gasteiger partial charge is 0.255 e. The molecule has 2 fully saturated rings. The molecule has 7 heteroatoms. The fourth-order valence-electron chi connectivity index (χ4n) is 4.61. The van der Waals surface area contributed by atoms with Crippen molar-refractivity contribution in [1.82, 2.24) is 10.6 Å². The van der Waals surface area contributed by atoms with Crippen molar-refractivity contribution in [3.05, 3.63) is 65.5 Å². The molecule has 0 spiro atoms. The highest BCUT2D eigenvalue weighted by atomic mass is 35.5. The lowest BCUT2D eigenvalue weighted by Crippen LogP contribution is -2.47. The van der Waals surface area contributed by atoms with E-state index in [-0.39, 0.29) is 35.5 Å². The Labute approximate surface area is 182 Å². The van der Waals surface area contributed by atoms with Gasteiger partial charge >= 0.3 is 0 Å². The van der Waals surface area contributed by atoms with Crippen LogP contribution in [0.1, 0.15) is 41.6 Å². The highest BCUT2D eigenvalue weighted by Crippen LogP contribution is 2.43. The summed E-state index contributed by atoms with van der Waals surface area (Å²) in [5.74, 6) is -0.117. The van der Waals surface area contributed by atoms with Gasteiger partial charge in [0.2, 0.25) is 5.91 Å². The summed E-state index contributed by atoms with van der Waals surface area (Å²) in [6, 6.07) is 12.8. The van der Waals surface area contributed by atoms with E-state index in [4.69, 9.17) is 0 Å². The van der Waals surface area contributed by atoms with E-state index in [1.165, 1.54) is 30.7 Å². The first-order valence-electron chi connectivity index (χ1n) is 10.2. The Balaban J connectivity index is 0.00000256. The van der Waals surface area contributed by atoms with E-state index in [0.717, 1.165) is 37.9 Å². The molecule has 1 heterocycles. The predicted molar refractivity (Wildman–Crippen MR) is 117 cm³/mol. The third-order valence-corrected chi connectivity index (χ3v) is 6.23. The molecule has 30 heavy (non-hydrogen) atoms. The van der Waals surface area contributed by atoms with E-state index in [1.54, 1.807) is 6.07 Å². The van der Waals surface area contributed by atoms with Crippen molar-refractivity contribution >= 4 is 29.9 Å². The molecule has 5 nitrogen and oxygen atoms in total. The fourth-order valence-corrected chi connectivity index (χ4v) is 4.61. The van der Waals surface area contributed by atoms with Crippen molar-refractivity contribution in [3.63, 3.8) is 0 Å². The van der Waals surface area contributed by atoms with Gasteiger partial charge in [-0.15, -0.1) is 12.4 Å². The summed E-state index contributed by atoms with van der Waals surface area (Å²) in [5, 5.41) is 9.34. The second-order valence-corrected chi connectivity index (χ2v) is 8.07. The average Bonchev–Trinajstić information content (AvgIpc) is 3.18. The van der Waals surface area contributed by atoms with Gasteiger partial charge in [0.05, 0.1) is 5.41 Å². The largest absolute Gasteiger partial charge is 0.351 e. The van der Waals surface area contributed by atoms with Gasteiger partial charge in [0.25, 0.3) is 5.91 Å². The first-order chi connectivity index (χ1) is 14.1. The van der Waals surface area contributed by atoms with Crippen LogP contribution in [0.2, 0.25) is 0 Å². The lowest BCUT2D eigenvalue weighted by atomic mass is 9.67. The zero-order valence-electron chi connectivity index (χ0n) is 16.7. The highest BCUT2D eigenvalue weighted by molar-refractivity contribution is 6.04. The molecule has 1 aliphatic carbocycles. The minimum absolute atomic E-state index is 0. The van der Waals surface area contributed by atoms with Gasteiger partial charge in [-0.05, 0) is 67.3 Å². The molecule has 2 aliphatic rings. The highest BCUT2D eigenvalue weighted by Gasteiger charge is 2.49. The van der Waals surface area contributed by atoms with Gasteiger partial charge in [0.1, 0.15) is 5.82 Å². The van der Waals surface area contributed by atoms with Crippen LogP contribution in [-0.4, -0.2) is 24.9 Å². The van der Waals surface area contributed by atoms with Crippen molar-refractivity contribution in [1.29, 1.82) is 0 Å². The van der Waals surface area contributed by atoms with Crippen molar-refractivity contribution in [2.24, 2.45) is 11.3 Å². The Hall–Kier alpha value is -2.44. The molecule has 0 bridgehead atoms. The van der Waals surface area contributed by atoms with E-state index < -0.39 is 0 Å². The second kappa shape index (κ2) is 9.58. The Morgan fingerprint density at radius 2 is 1.93 bits per heavy atom. The fraction of sp³-hybridized carbons (Fsp3) is 0.391. The molecule has 2 amide bonds. The molecule has 4 rings (SSSR count). The molecule has 0 aromatic heterocycles. The zero-order valence-corrected chi connectivity index (χ0v) is 17.6. The number of hydrogen-bond donors (Lipinski definition) is 3. The SMILES string of the molecule is Cl.O=C(Nc1cccc(CNC(=O)[C@@]23CCCC[C@H]2CNC3)c1)c1ccc(F)cc1. The molecule has 1 saturated heterocycles. The Bertz CT molecular complexity index is 906. The van der Waals surface area contributed by atoms with Crippen LogP contribution in [0.25, 0.3) is 0 Å². The van der Waals surface area contributed by atoms with Crippen molar-refractivity contribution in [2.45, 2.75) is 32.2 Å². The van der Waals surface area contributed by atoms with Crippen LogP contribution in [0, 0.1) is 17.2 Å². The van der Waals surface area contributed by atoms with Crippen LogP contribution in [0.3, 0.4) is 0 Å². The Morgan fingerprint density at radius 1 is 1.13 bits per heavy atom. The summed E-state index contributed by atoms with van der Waals surface area (Å²) < 4.78 is 13.0. The maximum Gasteiger partial charge on any atom is 0.255 e. The summed E-state index contributed by atoms with van der Waals surface area (Å²) in [6.07, 6.45) is 4.38. The van der Waals surface area contributed by atoms with Gasteiger partial charge in [-0.1, -0.05) is 25.0 Å². The van der Waals surface area contributed by atoms with Crippen LogP contribution in [-0.2, 0) is 11.3 Å². The monoisotopic (exact) mass is 431 g/mol. The van der Waals surface area contributed by atoms with Gasteiger partial charge in [0, 0.05) is 24.3 Å². The lowest BCUT2D eigenvalue weighted by molar-refractivity contribution is -0.134. The molecule has 160 valence electrons. The first kappa shape index (κ1) is 22.2. The van der Waals surface area contributed by atoms with Crippen LogP contribution in [0.4, 0.5) is 10.1 Å². The number of halogens is 2. The van der Waals surface area contributed by atoms with Gasteiger partial charge in [-0.2, -0.15) is 0 Å². The number of amides is 2. The van der Waals surface area contributed by atoms with E-state index in [1.807, 2.05) is 18.2 Å². The van der Waals surface area contributed by atoms with Crippen molar-refractivity contribution < 1.29 is 14.0 Å². The summed E-state index contributed by atoms with van der Waals surface area (Å²) in [6.45, 7) is 2.11. The molecule has 0 radical (unpaired) electrons. The number of fused-ring (bicyclic) bond motifs is 1. The molecular weight excluding hydrogens is 405 g/mol. The molecular formula is C23H27ClFN3O2. The minimum Gasteiger partial charge on any atom is -0.351 e. The van der Waals surface area contributed by atoms with Gasteiger partial charge in [-0.3, -0.25) is 9.59 Å². The molecule has 1 saturated carbocycles. The topological polar surface area (TPSA) is 70.2 Å². The lowest BCUT2D eigenvalue weighted by Gasteiger charge is -2.37. The number of anilines is 1. The number of benzene rings is 2. The van der Waals surface area contributed by atoms with Gasteiger partial charge in [-0.25, -0.2) is 4.39 Å². The van der Waals surface area contributed by atoms with Crippen molar-refractivity contribution in [2.75, 3.05) is 18.4 Å². The predicted octanol–water partition coefficient (Wildman–Crippen LogP) is 3.90. The Kier molecular flexibility index (Phi) is 7.10. The van der Waals surface area contributed by atoms with Crippen LogP contribution >= 0.6 is 12.4 Å². The average molecular weight is 432 g/mol. The molecule has 3 N–H and O–H groups in total. The standard InChI is InChI=1S/C23H26FN3O2.ClH/c24-19-9-7-17(8-10-19)21(28)27-20-6-3-4-16(12-20)13-26-22(29)23-11-2-1-5-18(23)14-25-15-23;/h3-4,6-10,12,18,25H,1-2,5,11,13-15H2,(H,26,29)(H,27,28);1H/t18-,23+;/m0./s1. The molecule has 2 aromatic carbocycles. The Morgan fingerprint density at radius 3 is 2.73 bits per heavy atom. The first-order valence-corrected chi connectivity index (χ1v) is 10.2. The maximum absolute atomic E-state index is 13.0. The van der Waals surface area contributed by atoms with Crippen molar-refractivity contribution in [3.8, 4) is 0 Å². The van der Waals surface area contributed by atoms with Crippen LogP contribution in [0.5, 0.6) is 0 Å². The molecule has 1 aliphatic heterocycles. The number of carbonyl (C=O) groups excluding carboxylic acids is 2. The maximum atomic E-state index is 13.0. The summed E-state index contributed by atoms with van der Waals surface area (Å²) >= 11 is 0. The number of carbonyl (C=O) groups is 2. The van der Waals surface area contributed by atoms with Crippen LogP contribution in [0.15, 0.2) is 48.5 Å². The number of nitrogens with one attached hydrogen (secondary N) is 3. The van der Waals surface area contributed by atoms with Crippen LogP contribution < -0.4 is 16.0 Å². The summed E-state index contributed by atoms with van der Waals surface area (Å²) in [5.41, 5.74) is 1.68. The van der Waals surface area contributed by atoms with E-state index in [9.17, 15) is 14.0 Å². The number of hydrogen-bond acceptors (Lipinski definition) is 3. The number of rotatable bonds is 5.